The number of benzene rings is 2. The average Bonchev–Trinajstić information content (AvgIpc) is 3.30. The zero-order valence-electron chi connectivity index (χ0n) is 21.8. The fraction of sp³-hybridized carbons (Fsp3) is 0.259. The quantitative estimate of drug-likeness (QED) is 0.326. The van der Waals surface area contributed by atoms with Crippen molar-refractivity contribution < 1.29 is 32.6 Å². The number of carboxylic acids is 1. The predicted molar refractivity (Wildman–Crippen MR) is 142 cm³/mol. The smallest absolute Gasteiger partial charge is 0.408 e. The Morgan fingerprint density at radius 2 is 1.69 bits per heavy atom. The van der Waals surface area contributed by atoms with Gasteiger partial charge in [0.15, 0.2) is 5.65 Å². The Labute approximate surface area is 225 Å². The Morgan fingerprint density at radius 1 is 1.03 bits per heavy atom. The second kappa shape index (κ2) is 10.7. The highest BCUT2D eigenvalue weighted by molar-refractivity contribution is 7.90. The third-order valence-electron chi connectivity index (χ3n) is 5.56. The highest BCUT2D eigenvalue weighted by atomic mass is 32.2. The van der Waals surface area contributed by atoms with Crippen molar-refractivity contribution >= 4 is 33.1 Å². The van der Waals surface area contributed by atoms with Gasteiger partial charge in [0.2, 0.25) is 5.88 Å². The number of ether oxygens (including phenoxy) is 2. The lowest BCUT2D eigenvalue weighted by Gasteiger charge is -2.22. The summed E-state index contributed by atoms with van der Waals surface area (Å²) in [6, 6.07) is 13.4. The van der Waals surface area contributed by atoms with Gasteiger partial charge < -0.3 is 19.9 Å². The van der Waals surface area contributed by atoms with Gasteiger partial charge in [-0.3, -0.25) is 0 Å². The van der Waals surface area contributed by atoms with Crippen LogP contribution in [-0.4, -0.2) is 51.2 Å². The Morgan fingerprint density at radius 3 is 2.31 bits per heavy atom. The summed E-state index contributed by atoms with van der Waals surface area (Å²) in [5, 5.41) is 12.3. The molecule has 4 aromatic rings. The van der Waals surface area contributed by atoms with Gasteiger partial charge in [-0.25, -0.2) is 31.9 Å². The number of aryl methyl sites for hydroxylation is 1. The van der Waals surface area contributed by atoms with Crippen LogP contribution in [0.5, 0.6) is 11.6 Å². The molecule has 1 atom stereocenters. The molecule has 11 nitrogen and oxygen atoms in total. The van der Waals surface area contributed by atoms with Gasteiger partial charge in [0, 0.05) is 12.6 Å². The molecule has 0 unspecified atom stereocenters. The molecule has 0 saturated heterocycles. The number of carbonyl (C=O) groups excluding carboxylic acids is 1. The van der Waals surface area contributed by atoms with E-state index in [4.69, 9.17) is 9.47 Å². The molecule has 204 valence electrons. The number of aliphatic carboxylic acids is 1. The van der Waals surface area contributed by atoms with Gasteiger partial charge >= 0.3 is 12.1 Å². The van der Waals surface area contributed by atoms with Crippen molar-refractivity contribution in [1.29, 1.82) is 0 Å². The van der Waals surface area contributed by atoms with Crippen LogP contribution < -0.4 is 10.1 Å². The van der Waals surface area contributed by atoms with Crippen LogP contribution in [-0.2, 0) is 26.0 Å². The molecule has 4 rings (SSSR count). The zero-order chi connectivity index (χ0) is 28.4. The molecule has 12 heteroatoms. The summed E-state index contributed by atoms with van der Waals surface area (Å²) in [5.41, 5.74) is 0.974. The predicted octanol–water partition coefficient (Wildman–Crippen LogP) is 4.29. The zero-order valence-corrected chi connectivity index (χ0v) is 22.6. The van der Waals surface area contributed by atoms with E-state index in [0.29, 0.717) is 16.7 Å². The molecule has 0 aliphatic carbocycles. The van der Waals surface area contributed by atoms with Gasteiger partial charge in [-0.05, 0) is 63.6 Å². The number of carbonyl (C=O) groups is 2. The minimum Gasteiger partial charge on any atom is -0.480 e. The molecular weight excluding hydrogens is 524 g/mol. The van der Waals surface area contributed by atoms with E-state index in [1.54, 1.807) is 63.2 Å². The summed E-state index contributed by atoms with van der Waals surface area (Å²) < 4.78 is 38.5. The van der Waals surface area contributed by atoms with Crippen molar-refractivity contribution in [2.75, 3.05) is 0 Å². The van der Waals surface area contributed by atoms with Gasteiger partial charge in [-0.15, -0.1) is 0 Å². The first-order valence-electron chi connectivity index (χ1n) is 12.0. The molecule has 0 radical (unpaired) electrons. The lowest BCUT2D eigenvalue weighted by atomic mass is 10.1. The van der Waals surface area contributed by atoms with Crippen LogP contribution in [0.3, 0.4) is 0 Å². The molecule has 0 saturated carbocycles. The van der Waals surface area contributed by atoms with Crippen LogP contribution in [0.1, 0.15) is 31.9 Å². The molecule has 0 aliphatic heterocycles. The van der Waals surface area contributed by atoms with Crippen molar-refractivity contribution in [3.8, 4) is 11.6 Å². The third-order valence-corrected chi connectivity index (χ3v) is 7.24. The molecule has 0 bridgehead atoms. The summed E-state index contributed by atoms with van der Waals surface area (Å²) in [4.78, 5) is 32.1. The maximum atomic E-state index is 13.2. The normalized spacial score (nSPS) is 12.6. The van der Waals surface area contributed by atoms with Crippen LogP contribution >= 0.6 is 0 Å². The van der Waals surface area contributed by atoms with Crippen molar-refractivity contribution in [2.45, 2.75) is 50.7 Å². The standard InChI is InChI=1S/C27H28N4O7S/c1-17-5-11-20(12-6-17)39(35,36)31-14-13-21-23(31)28-16-29-24(21)37-19-9-7-18(8-10-19)15-22(25(32)33)30-26(34)38-27(2,3)4/h5-14,16,22H,15H2,1-4H3,(H,30,34)(H,32,33)/t22-/m0/s1. The van der Waals surface area contributed by atoms with Crippen molar-refractivity contribution in [1.82, 2.24) is 19.3 Å². The average molecular weight is 553 g/mol. The summed E-state index contributed by atoms with van der Waals surface area (Å²) in [7, 11) is -3.89. The SMILES string of the molecule is Cc1ccc(S(=O)(=O)n2ccc3c(Oc4ccc(C[C@H](NC(=O)OC(C)(C)C)C(=O)O)cc4)ncnc32)cc1. The highest BCUT2D eigenvalue weighted by Crippen LogP contribution is 2.29. The molecule has 0 aliphatic rings. The molecule has 39 heavy (non-hydrogen) atoms. The summed E-state index contributed by atoms with van der Waals surface area (Å²) >= 11 is 0. The molecule has 2 N–H and O–H groups in total. The first kappa shape index (κ1) is 27.6. The topological polar surface area (TPSA) is 150 Å². The number of carboxylic acid groups (broad SMARTS) is 1. The summed E-state index contributed by atoms with van der Waals surface area (Å²) in [6.45, 7) is 6.93. The van der Waals surface area contributed by atoms with E-state index in [-0.39, 0.29) is 22.8 Å². The molecular formula is C27H28N4O7S. The first-order chi connectivity index (χ1) is 18.3. The van der Waals surface area contributed by atoms with Crippen LogP contribution in [0, 0.1) is 6.92 Å². The van der Waals surface area contributed by atoms with E-state index < -0.39 is 33.7 Å². The number of fused-ring (bicyclic) bond motifs is 1. The monoisotopic (exact) mass is 552 g/mol. The van der Waals surface area contributed by atoms with E-state index in [2.05, 4.69) is 15.3 Å². The van der Waals surface area contributed by atoms with E-state index in [1.165, 1.54) is 24.7 Å². The third kappa shape index (κ3) is 6.52. The second-order valence-electron chi connectivity index (χ2n) is 9.83. The van der Waals surface area contributed by atoms with Crippen LogP contribution in [0.2, 0.25) is 0 Å². The van der Waals surface area contributed by atoms with Gasteiger partial charge in [-0.2, -0.15) is 0 Å². The van der Waals surface area contributed by atoms with E-state index >= 15 is 0 Å². The maximum Gasteiger partial charge on any atom is 0.408 e. The lowest BCUT2D eigenvalue weighted by Crippen LogP contribution is -2.44. The van der Waals surface area contributed by atoms with Crippen molar-refractivity contribution in [3.63, 3.8) is 0 Å². The molecule has 2 heterocycles. The molecule has 0 spiro atoms. The number of rotatable bonds is 8. The number of aromatic nitrogens is 3. The first-order valence-corrected chi connectivity index (χ1v) is 13.4. The molecule has 1 amide bonds. The van der Waals surface area contributed by atoms with E-state index in [1.807, 2.05) is 6.92 Å². The number of hydrogen-bond donors (Lipinski definition) is 2. The summed E-state index contributed by atoms with van der Waals surface area (Å²) in [6.07, 6.45) is 1.81. The molecule has 0 fully saturated rings. The maximum absolute atomic E-state index is 13.2. The molecule has 2 aromatic carbocycles. The van der Waals surface area contributed by atoms with Gasteiger partial charge in [-0.1, -0.05) is 29.8 Å². The van der Waals surface area contributed by atoms with Crippen LogP contribution in [0.15, 0.2) is 72.0 Å². The lowest BCUT2D eigenvalue weighted by molar-refractivity contribution is -0.139. The Bertz CT molecular complexity index is 1610. The fourth-order valence-corrected chi connectivity index (χ4v) is 5.00. The minimum atomic E-state index is -3.89. The second-order valence-corrected chi connectivity index (χ2v) is 11.6. The number of nitrogens with zero attached hydrogens (tertiary/aromatic N) is 3. The summed E-state index contributed by atoms with van der Waals surface area (Å²) in [5.74, 6) is -0.657. The van der Waals surface area contributed by atoms with E-state index in [0.717, 1.165) is 9.54 Å². The van der Waals surface area contributed by atoms with Crippen molar-refractivity contribution in [3.05, 3.63) is 78.2 Å². The van der Waals surface area contributed by atoms with Gasteiger partial charge in [0.1, 0.15) is 23.7 Å². The number of amides is 1. The Hall–Kier alpha value is -4.45. The fourth-order valence-electron chi connectivity index (χ4n) is 3.69. The molecule has 2 aromatic heterocycles. The number of alkyl carbamates (subject to hydrolysis) is 1. The van der Waals surface area contributed by atoms with Gasteiger partial charge in [0.05, 0.1) is 10.3 Å². The highest BCUT2D eigenvalue weighted by Gasteiger charge is 2.25. The van der Waals surface area contributed by atoms with E-state index in [9.17, 15) is 23.1 Å². The number of hydrogen-bond acceptors (Lipinski definition) is 8. The Balaban J connectivity index is 1.51. The largest absolute Gasteiger partial charge is 0.480 e. The number of nitrogens with one attached hydrogen (secondary N) is 1. The van der Waals surface area contributed by atoms with Crippen LogP contribution in [0.4, 0.5) is 4.79 Å². The van der Waals surface area contributed by atoms with Crippen molar-refractivity contribution in [2.24, 2.45) is 0 Å². The van der Waals surface area contributed by atoms with Crippen LogP contribution in [0.25, 0.3) is 11.0 Å². The minimum absolute atomic E-state index is 0.0202. The van der Waals surface area contributed by atoms with Gasteiger partial charge in [0.25, 0.3) is 10.0 Å². The Kier molecular flexibility index (Phi) is 7.59.